The molecule has 0 unspecified atom stereocenters. The van der Waals surface area contributed by atoms with Crippen LogP contribution in [0.3, 0.4) is 0 Å². The van der Waals surface area contributed by atoms with Crippen LogP contribution in [0.5, 0.6) is 5.75 Å². The normalized spacial score (nSPS) is 12.3. The fourth-order valence-corrected chi connectivity index (χ4v) is 3.45. The zero-order chi connectivity index (χ0) is 18.7. The maximum Gasteiger partial charge on any atom is 0.380 e. The molecule has 0 aliphatic carbocycles. The van der Waals surface area contributed by atoms with E-state index in [1.54, 1.807) is 35.3 Å². The average Bonchev–Trinajstić information content (AvgIpc) is 3.11. The number of nitrogens with zero attached hydrogens (tertiary/aromatic N) is 4. The molecular weight excluding hydrogens is 422 g/mol. The molecule has 0 radical (unpaired) electrons. The van der Waals surface area contributed by atoms with E-state index in [1.807, 2.05) is 12.1 Å². The molecule has 8 nitrogen and oxygen atoms in total. The first-order chi connectivity index (χ1) is 12.4. The molecule has 1 atom stereocenters. The van der Waals surface area contributed by atoms with Gasteiger partial charge in [-0.15, -0.1) is 0 Å². The van der Waals surface area contributed by atoms with E-state index >= 15 is 0 Å². The lowest BCUT2D eigenvalue weighted by molar-refractivity contribution is 0.486. The Kier molecular flexibility index (Phi) is 5.03. The van der Waals surface area contributed by atoms with Crippen LogP contribution in [-0.4, -0.2) is 23.2 Å². The van der Waals surface area contributed by atoms with Crippen LogP contribution in [0.2, 0.25) is 0 Å². The smallest absolute Gasteiger partial charge is 0.370 e. The summed E-state index contributed by atoms with van der Waals surface area (Å²) >= 11 is 3.29. The van der Waals surface area contributed by atoms with Gasteiger partial charge in [-0.05, 0) is 51.3 Å². The van der Waals surface area contributed by atoms with Crippen LogP contribution in [0.15, 0.2) is 59.6 Å². The Morgan fingerprint density at radius 3 is 2.42 bits per heavy atom. The van der Waals surface area contributed by atoms with Gasteiger partial charge in [-0.3, -0.25) is 0 Å². The summed E-state index contributed by atoms with van der Waals surface area (Å²) in [6, 6.07) is 13.7. The standard InChI is InChI=1S/C16H12BrN5O3S/c17-14-7-13(5-6-15(14)25-26(19,23)24)16(22-10-20-9-21-22)12-3-1-11(8-18)2-4-12/h1-7,9-10,16H,(H2,19,23,24)/t16-/m0/s1. The highest BCUT2D eigenvalue weighted by Crippen LogP contribution is 2.33. The summed E-state index contributed by atoms with van der Waals surface area (Å²) < 4.78 is 29.1. The van der Waals surface area contributed by atoms with E-state index < -0.39 is 10.3 Å². The molecule has 3 rings (SSSR count). The van der Waals surface area contributed by atoms with Gasteiger partial charge < -0.3 is 4.18 Å². The number of aromatic nitrogens is 3. The number of halogens is 1. The first-order valence-corrected chi connectivity index (χ1v) is 9.49. The van der Waals surface area contributed by atoms with E-state index in [9.17, 15) is 8.42 Å². The fourth-order valence-electron chi connectivity index (χ4n) is 2.47. The van der Waals surface area contributed by atoms with Gasteiger partial charge in [-0.25, -0.2) is 9.67 Å². The van der Waals surface area contributed by atoms with Crippen molar-refractivity contribution in [2.75, 3.05) is 0 Å². The number of benzene rings is 2. The van der Waals surface area contributed by atoms with Gasteiger partial charge in [-0.2, -0.15) is 23.9 Å². The van der Waals surface area contributed by atoms with E-state index in [2.05, 4.69) is 32.1 Å². The third-order valence-corrected chi connectivity index (χ3v) is 4.57. The van der Waals surface area contributed by atoms with Gasteiger partial charge in [0.15, 0.2) is 5.75 Å². The Morgan fingerprint density at radius 1 is 1.19 bits per heavy atom. The van der Waals surface area contributed by atoms with Gasteiger partial charge in [0.2, 0.25) is 0 Å². The molecule has 0 saturated carbocycles. The lowest BCUT2D eigenvalue weighted by Crippen LogP contribution is -2.19. The Labute approximate surface area is 158 Å². The molecule has 1 heterocycles. The first kappa shape index (κ1) is 18.1. The molecule has 0 bridgehead atoms. The van der Waals surface area contributed by atoms with E-state index in [0.717, 1.165) is 11.1 Å². The van der Waals surface area contributed by atoms with Crippen LogP contribution < -0.4 is 9.32 Å². The van der Waals surface area contributed by atoms with Crippen LogP contribution in [-0.2, 0) is 10.3 Å². The number of nitriles is 1. The molecule has 2 N–H and O–H groups in total. The molecule has 3 aromatic rings. The van der Waals surface area contributed by atoms with Crippen LogP contribution in [0.25, 0.3) is 0 Å². The van der Waals surface area contributed by atoms with Crippen LogP contribution in [0, 0.1) is 11.3 Å². The van der Waals surface area contributed by atoms with Crippen molar-refractivity contribution in [1.82, 2.24) is 14.8 Å². The minimum atomic E-state index is -4.12. The van der Waals surface area contributed by atoms with Crippen LogP contribution >= 0.6 is 15.9 Å². The van der Waals surface area contributed by atoms with Crippen molar-refractivity contribution in [3.8, 4) is 11.8 Å². The lowest BCUT2D eigenvalue weighted by Gasteiger charge is -2.19. The zero-order valence-electron chi connectivity index (χ0n) is 13.2. The highest BCUT2D eigenvalue weighted by Gasteiger charge is 2.19. The first-order valence-electron chi connectivity index (χ1n) is 7.23. The summed E-state index contributed by atoms with van der Waals surface area (Å²) in [4.78, 5) is 3.98. The highest BCUT2D eigenvalue weighted by molar-refractivity contribution is 9.10. The molecule has 1 aromatic heterocycles. The summed E-state index contributed by atoms with van der Waals surface area (Å²) in [5.41, 5.74) is 2.22. The molecule has 0 fully saturated rings. The Morgan fingerprint density at radius 2 is 1.88 bits per heavy atom. The van der Waals surface area contributed by atoms with Crippen molar-refractivity contribution in [3.05, 3.63) is 76.3 Å². The minimum Gasteiger partial charge on any atom is -0.370 e. The molecule has 0 amide bonds. The fraction of sp³-hybridized carbons (Fsp3) is 0.0625. The summed E-state index contributed by atoms with van der Waals surface area (Å²) in [7, 11) is -4.12. The highest BCUT2D eigenvalue weighted by atomic mass is 79.9. The molecule has 0 saturated heterocycles. The quantitative estimate of drug-likeness (QED) is 0.656. The van der Waals surface area contributed by atoms with E-state index in [-0.39, 0.29) is 11.8 Å². The summed E-state index contributed by atoms with van der Waals surface area (Å²) in [6.07, 6.45) is 3.00. The molecule has 0 aliphatic heterocycles. The van der Waals surface area contributed by atoms with Gasteiger partial charge in [0.25, 0.3) is 0 Å². The predicted octanol–water partition coefficient (Wildman–Crippen LogP) is 2.13. The SMILES string of the molecule is N#Cc1ccc([C@@H](c2ccc(OS(N)(=O)=O)c(Br)c2)n2cncn2)cc1. The number of hydrogen-bond acceptors (Lipinski definition) is 6. The Bertz CT molecular complexity index is 1060. The minimum absolute atomic E-state index is 0.0772. The molecule has 132 valence electrons. The van der Waals surface area contributed by atoms with Gasteiger partial charge in [0, 0.05) is 0 Å². The number of rotatable bonds is 5. The Hall–Kier alpha value is -2.74. The number of nitrogens with two attached hydrogens (primary N) is 1. The van der Waals surface area contributed by atoms with Crippen LogP contribution in [0.4, 0.5) is 0 Å². The van der Waals surface area contributed by atoms with Crippen molar-refractivity contribution in [3.63, 3.8) is 0 Å². The monoisotopic (exact) mass is 433 g/mol. The van der Waals surface area contributed by atoms with Crippen molar-refractivity contribution < 1.29 is 12.6 Å². The van der Waals surface area contributed by atoms with Gasteiger partial charge in [0.1, 0.15) is 18.7 Å². The van der Waals surface area contributed by atoms with Crippen molar-refractivity contribution in [2.45, 2.75) is 6.04 Å². The molecule has 0 aliphatic rings. The van der Waals surface area contributed by atoms with Crippen LogP contribution in [0.1, 0.15) is 22.7 Å². The van der Waals surface area contributed by atoms with Gasteiger partial charge in [-0.1, -0.05) is 18.2 Å². The number of hydrogen-bond donors (Lipinski definition) is 1. The third-order valence-electron chi connectivity index (χ3n) is 3.53. The predicted molar refractivity (Wildman–Crippen MR) is 96.3 cm³/mol. The van der Waals surface area contributed by atoms with E-state index in [4.69, 9.17) is 14.6 Å². The molecule has 0 spiro atoms. The topological polar surface area (TPSA) is 124 Å². The van der Waals surface area contributed by atoms with Crippen molar-refractivity contribution >= 4 is 26.2 Å². The molecule has 2 aromatic carbocycles. The van der Waals surface area contributed by atoms with Gasteiger partial charge >= 0.3 is 10.3 Å². The van der Waals surface area contributed by atoms with Crippen molar-refractivity contribution in [1.29, 1.82) is 5.26 Å². The van der Waals surface area contributed by atoms with Gasteiger partial charge in [0.05, 0.1) is 16.1 Å². The van der Waals surface area contributed by atoms with E-state index in [0.29, 0.717) is 10.0 Å². The second kappa shape index (κ2) is 7.25. The maximum absolute atomic E-state index is 11.1. The Balaban J connectivity index is 2.05. The summed E-state index contributed by atoms with van der Waals surface area (Å²) in [6.45, 7) is 0. The van der Waals surface area contributed by atoms with E-state index in [1.165, 1.54) is 12.4 Å². The average molecular weight is 434 g/mol. The summed E-state index contributed by atoms with van der Waals surface area (Å²) in [5.74, 6) is 0.0772. The maximum atomic E-state index is 11.1. The zero-order valence-corrected chi connectivity index (χ0v) is 15.6. The second-order valence-electron chi connectivity index (χ2n) is 5.28. The lowest BCUT2D eigenvalue weighted by atomic mass is 9.98. The van der Waals surface area contributed by atoms with Crippen molar-refractivity contribution in [2.24, 2.45) is 5.14 Å². The molecule has 26 heavy (non-hydrogen) atoms. The largest absolute Gasteiger partial charge is 0.380 e. The second-order valence-corrected chi connectivity index (χ2v) is 7.28. The summed E-state index contributed by atoms with van der Waals surface area (Å²) in [5, 5.41) is 18.1. The third kappa shape index (κ3) is 4.08. The molecule has 10 heteroatoms. The molecular formula is C16H12BrN5O3S.